The Morgan fingerprint density at radius 1 is 1.05 bits per heavy atom. The van der Waals surface area contributed by atoms with Crippen LogP contribution in [0.2, 0.25) is 0 Å². The lowest BCUT2D eigenvalue weighted by atomic mass is 10.1. The average molecular weight is 256 g/mol. The molecule has 19 heavy (non-hydrogen) atoms. The Balaban J connectivity index is 2.21. The zero-order valence-corrected chi connectivity index (χ0v) is 11.5. The van der Waals surface area contributed by atoms with Crippen molar-refractivity contribution in [3.63, 3.8) is 0 Å². The van der Waals surface area contributed by atoms with Gasteiger partial charge in [-0.1, -0.05) is 24.3 Å². The van der Waals surface area contributed by atoms with Crippen LogP contribution in [-0.2, 0) is 13.1 Å². The fraction of sp³-hybridized carbons (Fsp3) is 0.333. The molecule has 0 aliphatic heterocycles. The van der Waals surface area contributed by atoms with Gasteiger partial charge in [-0.3, -0.25) is 0 Å². The van der Waals surface area contributed by atoms with Gasteiger partial charge in [0.2, 0.25) is 0 Å². The van der Waals surface area contributed by atoms with Crippen LogP contribution in [-0.4, -0.2) is 16.7 Å². The number of nitrogens with zero attached hydrogens (tertiary/aromatic N) is 3. The molecule has 0 aliphatic carbocycles. The van der Waals surface area contributed by atoms with Gasteiger partial charge in [0.05, 0.1) is 5.69 Å². The van der Waals surface area contributed by atoms with E-state index >= 15 is 0 Å². The maximum atomic E-state index is 5.78. The van der Waals surface area contributed by atoms with Crippen LogP contribution < -0.4 is 10.6 Å². The quantitative estimate of drug-likeness (QED) is 0.891. The van der Waals surface area contributed by atoms with Gasteiger partial charge in [0.15, 0.2) is 5.82 Å². The Morgan fingerprint density at radius 2 is 1.79 bits per heavy atom. The number of rotatable bonds is 5. The number of aromatic nitrogens is 2. The van der Waals surface area contributed by atoms with Gasteiger partial charge in [0.25, 0.3) is 0 Å². The first kappa shape index (κ1) is 13.5. The summed E-state index contributed by atoms with van der Waals surface area (Å²) in [5, 5.41) is 8.36. The summed E-state index contributed by atoms with van der Waals surface area (Å²) in [5.41, 5.74) is 9.14. The molecule has 100 valence electrons. The van der Waals surface area contributed by atoms with Crippen molar-refractivity contribution in [1.82, 2.24) is 10.2 Å². The van der Waals surface area contributed by atoms with Crippen LogP contribution in [0.1, 0.15) is 23.7 Å². The molecular weight excluding hydrogens is 236 g/mol. The van der Waals surface area contributed by atoms with Crippen LogP contribution in [0.5, 0.6) is 0 Å². The summed E-state index contributed by atoms with van der Waals surface area (Å²) in [6, 6.07) is 12.3. The third kappa shape index (κ3) is 3.29. The second-order valence-electron chi connectivity index (χ2n) is 4.52. The lowest BCUT2D eigenvalue weighted by Crippen LogP contribution is -2.24. The summed E-state index contributed by atoms with van der Waals surface area (Å²) < 4.78 is 0. The molecular formula is C15H20N4. The smallest absolute Gasteiger partial charge is 0.151 e. The number of hydrogen-bond acceptors (Lipinski definition) is 4. The Morgan fingerprint density at radius 3 is 2.37 bits per heavy atom. The van der Waals surface area contributed by atoms with Gasteiger partial charge in [-0.2, -0.15) is 5.10 Å². The molecule has 0 bridgehead atoms. The summed E-state index contributed by atoms with van der Waals surface area (Å²) in [5.74, 6) is 0.903. The number of benzene rings is 1. The molecule has 0 fully saturated rings. The Kier molecular flexibility index (Phi) is 4.47. The molecule has 1 heterocycles. The van der Waals surface area contributed by atoms with Crippen LogP contribution in [0.25, 0.3) is 0 Å². The topological polar surface area (TPSA) is 55.0 Å². The Labute approximate surface area is 114 Å². The zero-order chi connectivity index (χ0) is 13.7. The molecule has 0 aliphatic rings. The predicted molar refractivity (Wildman–Crippen MR) is 77.8 cm³/mol. The molecule has 2 aromatic rings. The molecule has 0 spiro atoms. The number of hydrogen-bond donors (Lipinski definition) is 1. The fourth-order valence-corrected chi connectivity index (χ4v) is 2.03. The molecule has 0 atom stereocenters. The van der Waals surface area contributed by atoms with Gasteiger partial charge in [0.1, 0.15) is 0 Å². The van der Waals surface area contributed by atoms with Crippen molar-refractivity contribution in [3.05, 3.63) is 53.2 Å². The summed E-state index contributed by atoms with van der Waals surface area (Å²) in [6.07, 6.45) is 0. The largest absolute Gasteiger partial charge is 0.351 e. The van der Waals surface area contributed by atoms with Crippen molar-refractivity contribution in [1.29, 1.82) is 0 Å². The molecule has 0 saturated carbocycles. The summed E-state index contributed by atoms with van der Waals surface area (Å²) in [6.45, 7) is 6.31. The highest BCUT2D eigenvalue weighted by atomic mass is 15.3. The molecule has 2 rings (SSSR count). The van der Waals surface area contributed by atoms with Crippen molar-refractivity contribution in [3.8, 4) is 0 Å². The van der Waals surface area contributed by atoms with Gasteiger partial charge in [-0.05, 0) is 37.1 Å². The van der Waals surface area contributed by atoms with Gasteiger partial charge < -0.3 is 10.6 Å². The average Bonchev–Trinajstić information content (AvgIpc) is 2.46. The van der Waals surface area contributed by atoms with E-state index in [1.807, 2.05) is 31.2 Å². The Bertz CT molecular complexity index is 522. The molecule has 1 aromatic heterocycles. The number of anilines is 1. The van der Waals surface area contributed by atoms with E-state index in [4.69, 9.17) is 5.73 Å². The van der Waals surface area contributed by atoms with Crippen molar-refractivity contribution >= 4 is 5.82 Å². The summed E-state index contributed by atoms with van der Waals surface area (Å²) in [4.78, 5) is 2.20. The van der Waals surface area contributed by atoms with Gasteiger partial charge in [-0.25, -0.2) is 0 Å². The highest BCUT2D eigenvalue weighted by Gasteiger charge is 2.09. The maximum absolute atomic E-state index is 5.78. The lowest BCUT2D eigenvalue weighted by Gasteiger charge is -2.22. The van der Waals surface area contributed by atoms with Crippen LogP contribution in [0.4, 0.5) is 5.82 Å². The third-order valence-corrected chi connectivity index (χ3v) is 3.19. The van der Waals surface area contributed by atoms with E-state index in [2.05, 4.69) is 34.2 Å². The highest BCUT2D eigenvalue weighted by Crippen LogP contribution is 2.16. The normalized spacial score (nSPS) is 10.5. The SMILES string of the molecule is CCN(Cc1ccccc1CN)c1ccc(C)nn1. The van der Waals surface area contributed by atoms with Gasteiger partial charge in [0, 0.05) is 19.6 Å². The van der Waals surface area contributed by atoms with E-state index < -0.39 is 0 Å². The summed E-state index contributed by atoms with van der Waals surface area (Å²) in [7, 11) is 0. The highest BCUT2D eigenvalue weighted by molar-refractivity contribution is 5.40. The molecule has 0 radical (unpaired) electrons. The molecule has 2 N–H and O–H groups in total. The molecule has 4 nitrogen and oxygen atoms in total. The van der Waals surface area contributed by atoms with Crippen molar-refractivity contribution < 1.29 is 0 Å². The molecule has 0 unspecified atom stereocenters. The minimum absolute atomic E-state index is 0.563. The molecule has 4 heteroatoms. The molecule has 0 amide bonds. The van der Waals surface area contributed by atoms with Gasteiger partial charge >= 0.3 is 0 Å². The maximum Gasteiger partial charge on any atom is 0.151 e. The second-order valence-corrected chi connectivity index (χ2v) is 4.52. The zero-order valence-electron chi connectivity index (χ0n) is 11.5. The molecule has 1 aromatic carbocycles. The first-order chi connectivity index (χ1) is 9.24. The minimum Gasteiger partial charge on any atom is -0.351 e. The lowest BCUT2D eigenvalue weighted by molar-refractivity contribution is 0.784. The second kappa shape index (κ2) is 6.29. The van der Waals surface area contributed by atoms with E-state index in [9.17, 15) is 0 Å². The molecule has 0 saturated heterocycles. The van der Waals surface area contributed by atoms with Crippen LogP contribution in [0.3, 0.4) is 0 Å². The first-order valence-electron chi connectivity index (χ1n) is 6.56. The minimum atomic E-state index is 0.563. The van der Waals surface area contributed by atoms with Crippen molar-refractivity contribution in [2.45, 2.75) is 26.9 Å². The van der Waals surface area contributed by atoms with Crippen molar-refractivity contribution in [2.24, 2.45) is 5.73 Å². The monoisotopic (exact) mass is 256 g/mol. The number of aryl methyl sites for hydroxylation is 1. The summed E-state index contributed by atoms with van der Waals surface area (Å²) >= 11 is 0. The predicted octanol–water partition coefficient (Wildman–Crippen LogP) is 2.27. The van der Waals surface area contributed by atoms with Gasteiger partial charge in [-0.15, -0.1) is 5.10 Å². The third-order valence-electron chi connectivity index (χ3n) is 3.19. The van der Waals surface area contributed by atoms with E-state index in [0.717, 1.165) is 24.6 Å². The van der Waals surface area contributed by atoms with E-state index in [0.29, 0.717) is 6.54 Å². The van der Waals surface area contributed by atoms with E-state index in [1.165, 1.54) is 11.1 Å². The fourth-order valence-electron chi connectivity index (χ4n) is 2.03. The Hall–Kier alpha value is -1.94. The first-order valence-corrected chi connectivity index (χ1v) is 6.56. The van der Waals surface area contributed by atoms with Crippen molar-refractivity contribution in [2.75, 3.05) is 11.4 Å². The van der Waals surface area contributed by atoms with E-state index in [-0.39, 0.29) is 0 Å². The van der Waals surface area contributed by atoms with Crippen LogP contribution in [0, 0.1) is 6.92 Å². The standard InChI is InChI=1S/C15H20N4/c1-3-19(15-9-8-12(2)17-18-15)11-14-7-5-4-6-13(14)10-16/h4-9H,3,10-11,16H2,1-2H3. The number of nitrogens with two attached hydrogens (primary N) is 1. The van der Waals surface area contributed by atoms with Crippen LogP contribution in [0.15, 0.2) is 36.4 Å². The van der Waals surface area contributed by atoms with E-state index in [1.54, 1.807) is 0 Å². The van der Waals surface area contributed by atoms with Crippen LogP contribution >= 0.6 is 0 Å².